The molecule has 0 atom stereocenters. The molecule has 4 aromatic rings. The summed E-state index contributed by atoms with van der Waals surface area (Å²) in [6.45, 7) is 2.16. The Labute approximate surface area is 180 Å². The molecule has 1 heterocycles. The zero-order chi connectivity index (χ0) is 21.6. The molecule has 0 spiro atoms. The van der Waals surface area contributed by atoms with E-state index < -0.39 is 5.91 Å². The molecule has 0 radical (unpaired) electrons. The summed E-state index contributed by atoms with van der Waals surface area (Å²) in [5.74, 6) is 0.942. The molecular formula is C25H22N2O4. The van der Waals surface area contributed by atoms with E-state index in [2.05, 4.69) is 28.7 Å². The lowest BCUT2D eigenvalue weighted by Gasteiger charge is -2.14. The molecule has 6 nitrogen and oxygen atoms in total. The molecule has 0 saturated heterocycles. The van der Waals surface area contributed by atoms with Gasteiger partial charge in [-0.3, -0.25) is 4.79 Å². The Bertz CT molecular complexity index is 1240. The fraction of sp³-hybridized carbons (Fsp3) is 0.120. The van der Waals surface area contributed by atoms with Crippen molar-refractivity contribution in [1.29, 1.82) is 0 Å². The van der Waals surface area contributed by atoms with E-state index in [1.807, 2.05) is 42.5 Å². The van der Waals surface area contributed by atoms with Crippen molar-refractivity contribution in [1.82, 2.24) is 5.43 Å². The molecule has 0 unspecified atom stereocenters. The quantitative estimate of drug-likeness (QED) is 0.338. The summed E-state index contributed by atoms with van der Waals surface area (Å²) in [7, 11) is 1.59. The maximum Gasteiger partial charge on any atom is 0.307 e. The van der Waals surface area contributed by atoms with Gasteiger partial charge in [0.1, 0.15) is 6.61 Å². The number of nitrogens with zero attached hydrogens (tertiary/aromatic N) is 1. The van der Waals surface area contributed by atoms with Gasteiger partial charge in [-0.25, -0.2) is 5.43 Å². The number of rotatable bonds is 7. The molecule has 31 heavy (non-hydrogen) atoms. The predicted octanol–water partition coefficient (Wildman–Crippen LogP) is 5.09. The minimum atomic E-state index is -0.417. The lowest BCUT2D eigenvalue weighted by Crippen LogP contribution is -2.17. The highest BCUT2D eigenvalue weighted by molar-refractivity contribution is 5.94. The van der Waals surface area contributed by atoms with Crippen LogP contribution in [0.5, 0.6) is 11.5 Å². The van der Waals surface area contributed by atoms with Gasteiger partial charge in [-0.2, -0.15) is 5.10 Å². The van der Waals surface area contributed by atoms with Crippen LogP contribution in [0, 0.1) is 6.92 Å². The number of hydrazone groups is 1. The first-order valence-corrected chi connectivity index (χ1v) is 9.81. The standard InChI is InChI=1S/C25H22N2O4/c1-17-13-14-30-23(17)25(28)27-26-15-19-9-6-12-22(29-2)24(19)31-16-20-10-5-8-18-7-3-4-11-21(18)20/h3-15H,16H2,1-2H3,(H,27,28)/b26-15+. The van der Waals surface area contributed by atoms with Gasteiger partial charge in [0.25, 0.3) is 0 Å². The third-order valence-electron chi connectivity index (χ3n) is 4.92. The van der Waals surface area contributed by atoms with Gasteiger partial charge >= 0.3 is 5.91 Å². The van der Waals surface area contributed by atoms with E-state index in [0.29, 0.717) is 23.7 Å². The number of ether oxygens (including phenoxy) is 2. The summed E-state index contributed by atoms with van der Waals surface area (Å²) in [6.07, 6.45) is 2.99. The molecular weight excluding hydrogens is 392 g/mol. The molecule has 4 rings (SSSR count). The molecule has 0 fully saturated rings. The van der Waals surface area contributed by atoms with E-state index in [4.69, 9.17) is 13.9 Å². The van der Waals surface area contributed by atoms with E-state index in [0.717, 1.165) is 21.9 Å². The van der Waals surface area contributed by atoms with Crippen molar-refractivity contribution in [3.63, 3.8) is 0 Å². The van der Waals surface area contributed by atoms with Crippen molar-refractivity contribution >= 4 is 22.9 Å². The molecule has 6 heteroatoms. The van der Waals surface area contributed by atoms with Gasteiger partial charge in [0.05, 0.1) is 19.6 Å². The molecule has 1 N–H and O–H groups in total. The second kappa shape index (κ2) is 9.17. The van der Waals surface area contributed by atoms with Crippen molar-refractivity contribution < 1.29 is 18.7 Å². The zero-order valence-corrected chi connectivity index (χ0v) is 17.3. The monoisotopic (exact) mass is 414 g/mol. The number of carbonyl (C=O) groups excluding carboxylic acids is 1. The largest absolute Gasteiger partial charge is 0.493 e. The smallest absolute Gasteiger partial charge is 0.307 e. The highest BCUT2D eigenvalue weighted by Gasteiger charge is 2.13. The van der Waals surface area contributed by atoms with E-state index in [1.165, 1.54) is 12.5 Å². The Morgan fingerprint density at radius 2 is 1.87 bits per heavy atom. The Hall–Kier alpha value is -4.06. The lowest BCUT2D eigenvalue weighted by atomic mass is 10.1. The average Bonchev–Trinajstić information content (AvgIpc) is 3.23. The lowest BCUT2D eigenvalue weighted by molar-refractivity contribution is 0.0926. The number of nitrogens with one attached hydrogen (secondary N) is 1. The summed E-state index contributed by atoms with van der Waals surface area (Å²) >= 11 is 0. The van der Waals surface area contributed by atoms with Crippen LogP contribution in [-0.4, -0.2) is 19.2 Å². The number of amides is 1. The minimum absolute atomic E-state index is 0.232. The predicted molar refractivity (Wildman–Crippen MR) is 120 cm³/mol. The third-order valence-corrected chi connectivity index (χ3v) is 4.92. The third kappa shape index (κ3) is 4.43. The highest BCUT2D eigenvalue weighted by atomic mass is 16.5. The van der Waals surface area contributed by atoms with Gasteiger partial charge in [0.15, 0.2) is 17.3 Å². The van der Waals surface area contributed by atoms with Crippen molar-refractivity contribution in [2.75, 3.05) is 7.11 Å². The first kappa shape index (κ1) is 20.2. The number of furan rings is 1. The second-order valence-electron chi connectivity index (χ2n) is 6.94. The summed E-state index contributed by atoms with van der Waals surface area (Å²) in [6, 6.07) is 21.5. The molecule has 156 valence electrons. The summed E-state index contributed by atoms with van der Waals surface area (Å²) < 4.78 is 16.8. The summed E-state index contributed by atoms with van der Waals surface area (Å²) in [4.78, 5) is 12.2. The second-order valence-corrected chi connectivity index (χ2v) is 6.94. The van der Waals surface area contributed by atoms with Crippen LogP contribution in [-0.2, 0) is 6.61 Å². The van der Waals surface area contributed by atoms with E-state index in [9.17, 15) is 4.79 Å². The molecule has 0 aliphatic carbocycles. The molecule has 1 amide bonds. The van der Waals surface area contributed by atoms with Gasteiger partial charge < -0.3 is 13.9 Å². The van der Waals surface area contributed by atoms with Crippen LogP contribution < -0.4 is 14.9 Å². The normalized spacial score (nSPS) is 11.0. The molecule has 0 aliphatic heterocycles. The minimum Gasteiger partial charge on any atom is -0.493 e. The number of para-hydroxylation sites is 1. The van der Waals surface area contributed by atoms with Crippen molar-refractivity contribution in [3.8, 4) is 11.5 Å². The molecule has 0 saturated carbocycles. The number of fused-ring (bicyclic) bond motifs is 1. The number of hydrogen-bond acceptors (Lipinski definition) is 5. The van der Waals surface area contributed by atoms with Gasteiger partial charge in [0, 0.05) is 11.1 Å². The van der Waals surface area contributed by atoms with Gasteiger partial charge in [-0.15, -0.1) is 0 Å². The van der Waals surface area contributed by atoms with Crippen LogP contribution in [0.3, 0.4) is 0 Å². The van der Waals surface area contributed by atoms with E-state index in [-0.39, 0.29) is 5.76 Å². The van der Waals surface area contributed by atoms with Crippen LogP contribution >= 0.6 is 0 Å². The van der Waals surface area contributed by atoms with Gasteiger partial charge in [0.2, 0.25) is 0 Å². The first-order chi connectivity index (χ1) is 15.2. The van der Waals surface area contributed by atoms with Crippen LogP contribution in [0.15, 0.2) is 82.5 Å². The molecule has 1 aromatic heterocycles. The van der Waals surface area contributed by atoms with Crippen LogP contribution in [0.1, 0.15) is 27.2 Å². The summed E-state index contributed by atoms with van der Waals surface area (Å²) in [5, 5.41) is 6.35. The number of methoxy groups -OCH3 is 1. The number of carbonyl (C=O) groups is 1. The zero-order valence-electron chi connectivity index (χ0n) is 17.3. The maximum atomic E-state index is 12.2. The van der Waals surface area contributed by atoms with Crippen molar-refractivity contribution in [2.45, 2.75) is 13.5 Å². The molecule has 3 aromatic carbocycles. The van der Waals surface area contributed by atoms with Gasteiger partial charge in [-0.1, -0.05) is 48.5 Å². The SMILES string of the molecule is COc1cccc(/C=N/NC(=O)c2occc2C)c1OCc1cccc2ccccc12. The first-order valence-electron chi connectivity index (χ1n) is 9.81. The van der Waals surface area contributed by atoms with Crippen molar-refractivity contribution in [2.24, 2.45) is 5.10 Å². The van der Waals surface area contributed by atoms with Crippen LogP contribution in [0.25, 0.3) is 10.8 Å². The van der Waals surface area contributed by atoms with E-state index in [1.54, 1.807) is 20.1 Å². The fourth-order valence-corrected chi connectivity index (χ4v) is 3.33. The Morgan fingerprint density at radius 1 is 1.06 bits per heavy atom. The van der Waals surface area contributed by atoms with Crippen LogP contribution in [0.2, 0.25) is 0 Å². The van der Waals surface area contributed by atoms with E-state index >= 15 is 0 Å². The number of benzene rings is 3. The van der Waals surface area contributed by atoms with Crippen molar-refractivity contribution in [3.05, 3.63) is 95.4 Å². The average molecular weight is 414 g/mol. The Balaban J connectivity index is 1.55. The molecule has 0 aliphatic rings. The number of aryl methyl sites for hydroxylation is 1. The Morgan fingerprint density at radius 3 is 2.68 bits per heavy atom. The highest BCUT2D eigenvalue weighted by Crippen LogP contribution is 2.31. The van der Waals surface area contributed by atoms with Crippen LogP contribution in [0.4, 0.5) is 0 Å². The van der Waals surface area contributed by atoms with Gasteiger partial charge in [-0.05, 0) is 41.5 Å². The maximum absolute atomic E-state index is 12.2. The number of hydrogen-bond donors (Lipinski definition) is 1. The molecule has 0 bridgehead atoms. The topological polar surface area (TPSA) is 73.1 Å². The summed E-state index contributed by atoms with van der Waals surface area (Å²) in [5.41, 5.74) is 4.96. The fourth-order valence-electron chi connectivity index (χ4n) is 3.33. The Kier molecular flexibility index (Phi) is 5.98.